The quantitative estimate of drug-likeness (QED) is 0.680. The standard InChI is InChI=1S/C11H8Cl2N4/c1-2-6-7(12)3-4-8-9(6)15-10(13)11-16-14-5-17(8)11/h3-5H,2H2,1H3. The number of fused-ring (bicyclic) bond motifs is 3. The van der Waals surface area contributed by atoms with Gasteiger partial charge in [0.05, 0.1) is 11.0 Å². The zero-order valence-corrected chi connectivity index (χ0v) is 10.5. The van der Waals surface area contributed by atoms with Crippen molar-refractivity contribution in [2.24, 2.45) is 0 Å². The number of nitrogens with zero attached hydrogens (tertiary/aromatic N) is 4. The van der Waals surface area contributed by atoms with Crippen molar-refractivity contribution in [1.82, 2.24) is 19.6 Å². The summed E-state index contributed by atoms with van der Waals surface area (Å²) >= 11 is 12.2. The molecule has 2 aromatic heterocycles. The van der Waals surface area contributed by atoms with E-state index < -0.39 is 0 Å². The van der Waals surface area contributed by atoms with Crippen molar-refractivity contribution >= 4 is 39.9 Å². The van der Waals surface area contributed by atoms with E-state index in [1.807, 2.05) is 23.5 Å². The molecule has 0 radical (unpaired) electrons. The van der Waals surface area contributed by atoms with Crippen LogP contribution in [0.25, 0.3) is 16.7 Å². The Bertz CT molecular complexity index is 720. The molecule has 0 amide bonds. The summed E-state index contributed by atoms with van der Waals surface area (Å²) in [5.41, 5.74) is 3.26. The molecule has 0 fully saturated rings. The first kappa shape index (κ1) is 10.7. The molecule has 1 aromatic carbocycles. The van der Waals surface area contributed by atoms with E-state index in [4.69, 9.17) is 23.2 Å². The first-order chi connectivity index (χ1) is 8.22. The fourth-order valence-electron chi connectivity index (χ4n) is 1.95. The van der Waals surface area contributed by atoms with Gasteiger partial charge in [-0.2, -0.15) is 0 Å². The van der Waals surface area contributed by atoms with Crippen LogP contribution in [0, 0.1) is 0 Å². The van der Waals surface area contributed by atoms with E-state index in [1.165, 1.54) is 0 Å². The summed E-state index contributed by atoms with van der Waals surface area (Å²) < 4.78 is 1.82. The largest absolute Gasteiger partial charge is 0.277 e. The summed E-state index contributed by atoms with van der Waals surface area (Å²) in [6, 6.07) is 3.76. The van der Waals surface area contributed by atoms with Crippen molar-refractivity contribution in [3.05, 3.63) is 34.2 Å². The van der Waals surface area contributed by atoms with Crippen molar-refractivity contribution < 1.29 is 0 Å². The van der Waals surface area contributed by atoms with E-state index in [0.717, 1.165) is 23.0 Å². The third kappa shape index (κ3) is 1.48. The summed E-state index contributed by atoms with van der Waals surface area (Å²) in [7, 11) is 0. The Labute approximate surface area is 107 Å². The maximum atomic E-state index is 6.16. The van der Waals surface area contributed by atoms with Gasteiger partial charge in [-0.05, 0) is 24.1 Å². The molecule has 0 spiro atoms. The third-order valence-electron chi connectivity index (χ3n) is 2.76. The van der Waals surface area contributed by atoms with Crippen LogP contribution in [0.1, 0.15) is 12.5 Å². The predicted molar refractivity (Wildman–Crippen MR) is 67.7 cm³/mol. The van der Waals surface area contributed by atoms with E-state index in [-0.39, 0.29) is 0 Å². The van der Waals surface area contributed by atoms with Crippen LogP contribution in [0.3, 0.4) is 0 Å². The Morgan fingerprint density at radius 3 is 2.88 bits per heavy atom. The Morgan fingerprint density at radius 2 is 2.12 bits per heavy atom. The van der Waals surface area contributed by atoms with E-state index in [0.29, 0.717) is 15.8 Å². The van der Waals surface area contributed by atoms with Crippen LogP contribution in [0.4, 0.5) is 0 Å². The number of hydrogen-bond acceptors (Lipinski definition) is 3. The first-order valence-electron chi connectivity index (χ1n) is 5.18. The van der Waals surface area contributed by atoms with Crippen LogP contribution >= 0.6 is 23.2 Å². The van der Waals surface area contributed by atoms with Crippen LogP contribution < -0.4 is 0 Å². The molecule has 86 valence electrons. The molecule has 0 saturated carbocycles. The highest BCUT2D eigenvalue weighted by atomic mass is 35.5. The number of aryl methyl sites for hydroxylation is 1. The molecule has 0 aliphatic carbocycles. The van der Waals surface area contributed by atoms with Gasteiger partial charge in [0, 0.05) is 5.02 Å². The lowest BCUT2D eigenvalue weighted by Gasteiger charge is -2.08. The molecule has 0 bridgehead atoms. The lowest BCUT2D eigenvalue weighted by atomic mass is 10.1. The summed E-state index contributed by atoms with van der Waals surface area (Å²) in [5.74, 6) is 0. The number of benzene rings is 1. The topological polar surface area (TPSA) is 43.1 Å². The van der Waals surface area contributed by atoms with Crippen molar-refractivity contribution in [3.8, 4) is 0 Å². The van der Waals surface area contributed by atoms with Crippen LogP contribution in [-0.2, 0) is 6.42 Å². The second-order valence-electron chi connectivity index (χ2n) is 3.67. The fourth-order valence-corrected chi connectivity index (χ4v) is 2.45. The van der Waals surface area contributed by atoms with Crippen LogP contribution in [0.15, 0.2) is 18.5 Å². The molecule has 17 heavy (non-hydrogen) atoms. The molecule has 0 atom stereocenters. The highest BCUT2D eigenvalue weighted by Crippen LogP contribution is 2.27. The second kappa shape index (κ2) is 3.82. The van der Waals surface area contributed by atoms with Crippen LogP contribution in [-0.4, -0.2) is 19.6 Å². The van der Waals surface area contributed by atoms with E-state index >= 15 is 0 Å². The monoisotopic (exact) mass is 266 g/mol. The zero-order valence-electron chi connectivity index (χ0n) is 8.98. The van der Waals surface area contributed by atoms with Crippen molar-refractivity contribution in [2.45, 2.75) is 13.3 Å². The number of aromatic nitrogens is 4. The zero-order chi connectivity index (χ0) is 12.0. The Morgan fingerprint density at radius 1 is 1.29 bits per heavy atom. The molecule has 6 heteroatoms. The van der Waals surface area contributed by atoms with Gasteiger partial charge in [0.1, 0.15) is 6.33 Å². The Balaban J connectivity index is 2.57. The van der Waals surface area contributed by atoms with Crippen molar-refractivity contribution in [1.29, 1.82) is 0 Å². The summed E-state index contributed by atoms with van der Waals surface area (Å²) in [6.07, 6.45) is 2.42. The Hall–Kier alpha value is -1.39. The third-order valence-corrected chi connectivity index (χ3v) is 3.37. The molecule has 0 N–H and O–H groups in total. The molecule has 0 aliphatic heterocycles. The van der Waals surface area contributed by atoms with Gasteiger partial charge in [-0.25, -0.2) is 4.98 Å². The highest BCUT2D eigenvalue weighted by molar-refractivity contribution is 6.33. The smallest absolute Gasteiger partial charge is 0.198 e. The van der Waals surface area contributed by atoms with Gasteiger partial charge in [0.15, 0.2) is 10.8 Å². The molecule has 3 aromatic rings. The molecule has 0 unspecified atom stereocenters. The van der Waals surface area contributed by atoms with Gasteiger partial charge < -0.3 is 0 Å². The minimum atomic E-state index is 0.340. The van der Waals surface area contributed by atoms with Gasteiger partial charge in [-0.15, -0.1) is 10.2 Å². The molecular formula is C11H8Cl2N4. The second-order valence-corrected chi connectivity index (χ2v) is 4.44. The number of hydrogen-bond donors (Lipinski definition) is 0. The molecule has 3 rings (SSSR count). The average Bonchev–Trinajstić information content (AvgIpc) is 2.79. The maximum absolute atomic E-state index is 6.16. The summed E-state index contributed by atoms with van der Waals surface area (Å²) in [5, 5.41) is 8.82. The summed E-state index contributed by atoms with van der Waals surface area (Å²) in [4.78, 5) is 4.37. The van der Waals surface area contributed by atoms with Crippen molar-refractivity contribution in [2.75, 3.05) is 0 Å². The SMILES string of the molecule is CCc1c(Cl)ccc2c1nc(Cl)c1nncn12. The van der Waals surface area contributed by atoms with E-state index in [1.54, 1.807) is 6.33 Å². The van der Waals surface area contributed by atoms with Crippen molar-refractivity contribution in [3.63, 3.8) is 0 Å². The molecule has 2 heterocycles. The highest BCUT2D eigenvalue weighted by Gasteiger charge is 2.12. The van der Waals surface area contributed by atoms with Gasteiger partial charge in [0.2, 0.25) is 0 Å². The fraction of sp³-hybridized carbons (Fsp3) is 0.182. The molecule has 4 nitrogen and oxygen atoms in total. The van der Waals surface area contributed by atoms with E-state index in [2.05, 4.69) is 15.2 Å². The number of halogens is 2. The van der Waals surface area contributed by atoms with Gasteiger partial charge in [-0.3, -0.25) is 4.40 Å². The normalized spacial score (nSPS) is 11.5. The minimum absolute atomic E-state index is 0.340. The van der Waals surface area contributed by atoms with Gasteiger partial charge in [0.25, 0.3) is 0 Å². The summed E-state index contributed by atoms with van der Waals surface area (Å²) in [6.45, 7) is 2.03. The molecule has 0 saturated heterocycles. The van der Waals surface area contributed by atoms with Gasteiger partial charge in [-0.1, -0.05) is 30.1 Å². The van der Waals surface area contributed by atoms with Gasteiger partial charge >= 0.3 is 0 Å². The Kier molecular flexibility index (Phi) is 2.42. The number of rotatable bonds is 1. The molecule has 0 aliphatic rings. The molecular weight excluding hydrogens is 259 g/mol. The average molecular weight is 267 g/mol. The van der Waals surface area contributed by atoms with E-state index in [9.17, 15) is 0 Å². The predicted octanol–water partition coefficient (Wildman–Crippen LogP) is 3.15. The van der Waals surface area contributed by atoms with Crippen LogP contribution in [0.2, 0.25) is 10.2 Å². The lowest BCUT2D eigenvalue weighted by Crippen LogP contribution is -1.96. The van der Waals surface area contributed by atoms with Crippen LogP contribution in [0.5, 0.6) is 0 Å². The minimum Gasteiger partial charge on any atom is -0.277 e. The first-order valence-corrected chi connectivity index (χ1v) is 5.94. The lowest BCUT2D eigenvalue weighted by molar-refractivity contribution is 1.11. The maximum Gasteiger partial charge on any atom is 0.198 e.